The lowest BCUT2D eigenvalue weighted by Gasteiger charge is -2.19. The summed E-state index contributed by atoms with van der Waals surface area (Å²) in [6.07, 6.45) is 7.98. The van der Waals surface area contributed by atoms with Crippen LogP contribution in [-0.2, 0) is 0 Å². The number of aliphatic imine (C=N–C) groups is 1. The van der Waals surface area contributed by atoms with Gasteiger partial charge in [0, 0.05) is 24.5 Å². The van der Waals surface area contributed by atoms with Gasteiger partial charge in [-0.15, -0.1) is 24.8 Å². The number of nitrogens with zero attached hydrogens (tertiary/aromatic N) is 2. The molecule has 0 amide bonds. The number of hydrogen-bond acceptors (Lipinski definition) is 4. The summed E-state index contributed by atoms with van der Waals surface area (Å²) in [5.74, 6) is 1.64. The van der Waals surface area contributed by atoms with Crippen molar-refractivity contribution in [2.45, 2.75) is 12.8 Å². The van der Waals surface area contributed by atoms with Gasteiger partial charge in [-0.2, -0.15) is 0 Å². The fraction of sp³-hybridized carbons (Fsp3) is 0.263. The maximum atomic E-state index is 5.67. The highest BCUT2D eigenvalue weighted by Gasteiger charge is 2.15. The summed E-state index contributed by atoms with van der Waals surface area (Å²) in [6.45, 7) is 2.10. The van der Waals surface area contributed by atoms with E-state index in [1.807, 2.05) is 24.4 Å². The predicted octanol–water partition coefficient (Wildman–Crippen LogP) is 4.36. The average Bonchev–Trinajstić information content (AvgIpc) is 2.63. The monoisotopic (exact) mass is 378 g/mol. The Morgan fingerprint density at radius 3 is 2.64 bits per heavy atom. The van der Waals surface area contributed by atoms with E-state index in [1.54, 1.807) is 6.20 Å². The molecule has 0 spiro atoms. The van der Waals surface area contributed by atoms with E-state index < -0.39 is 0 Å². The third kappa shape index (κ3) is 4.33. The first-order valence-corrected chi connectivity index (χ1v) is 7.95. The van der Waals surface area contributed by atoms with E-state index in [0.717, 1.165) is 47.7 Å². The van der Waals surface area contributed by atoms with E-state index in [1.165, 1.54) is 5.57 Å². The summed E-state index contributed by atoms with van der Waals surface area (Å²) in [7, 11) is 0. The molecule has 2 aliphatic heterocycles. The fourth-order valence-corrected chi connectivity index (χ4v) is 2.95. The van der Waals surface area contributed by atoms with Crippen molar-refractivity contribution < 1.29 is 9.47 Å². The lowest BCUT2D eigenvalue weighted by Crippen LogP contribution is -2.15. The standard InChI is InChI=1S/C19H18N2O2.2ClH/c1-4-16(13-20-7-1)19-15(3-2-8-21-19)11-14-5-6-17-18(12-14)23-10-9-22-17;;/h1,4-7,11-13H,2-3,8-10H2;2*1H/b15-11+;;. The zero-order chi connectivity index (χ0) is 15.5. The van der Waals surface area contributed by atoms with Crippen molar-refractivity contribution in [2.24, 2.45) is 4.99 Å². The Labute approximate surface area is 159 Å². The summed E-state index contributed by atoms with van der Waals surface area (Å²) in [5, 5.41) is 0. The summed E-state index contributed by atoms with van der Waals surface area (Å²) >= 11 is 0. The number of pyridine rings is 1. The second-order valence-electron chi connectivity index (χ2n) is 5.65. The van der Waals surface area contributed by atoms with Gasteiger partial charge < -0.3 is 9.47 Å². The van der Waals surface area contributed by atoms with E-state index >= 15 is 0 Å². The van der Waals surface area contributed by atoms with Crippen LogP contribution in [0.1, 0.15) is 24.0 Å². The molecule has 0 unspecified atom stereocenters. The predicted molar refractivity (Wildman–Crippen MR) is 105 cm³/mol. The van der Waals surface area contributed by atoms with Crippen LogP contribution in [0.2, 0.25) is 0 Å². The van der Waals surface area contributed by atoms with Crippen molar-refractivity contribution in [3.05, 3.63) is 59.4 Å². The number of halogens is 2. The summed E-state index contributed by atoms with van der Waals surface area (Å²) in [6, 6.07) is 10.1. The molecule has 4 nitrogen and oxygen atoms in total. The molecule has 6 heteroatoms. The molecule has 1 aromatic heterocycles. The Kier molecular flexibility index (Phi) is 6.85. The molecule has 0 fully saturated rings. The zero-order valence-corrected chi connectivity index (χ0v) is 15.3. The smallest absolute Gasteiger partial charge is 0.161 e. The number of hydrogen-bond donors (Lipinski definition) is 0. The molecule has 0 saturated carbocycles. The van der Waals surface area contributed by atoms with Gasteiger partial charge in [0.15, 0.2) is 11.5 Å². The molecular formula is C19H20Cl2N2O2. The van der Waals surface area contributed by atoms with Crippen LogP contribution in [0.3, 0.4) is 0 Å². The lowest BCUT2D eigenvalue weighted by atomic mass is 9.95. The molecule has 2 aliphatic rings. The Balaban J connectivity index is 0.00000113. The topological polar surface area (TPSA) is 43.7 Å². The summed E-state index contributed by atoms with van der Waals surface area (Å²) in [4.78, 5) is 8.93. The second-order valence-corrected chi connectivity index (χ2v) is 5.65. The highest BCUT2D eigenvalue weighted by Crippen LogP contribution is 2.32. The van der Waals surface area contributed by atoms with Crippen LogP contribution in [-0.4, -0.2) is 30.5 Å². The van der Waals surface area contributed by atoms with Crippen molar-refractivity contribution in [3.63, 3.8) is 0 Å². The first-order chi connectivity index (χ1) is 11.4. The highest BCUT2D eigenvalue weighted by molar-refractivity contribution is 6.15. The fourth-order valence-electron chi connectivity index (χ4n) is 2.95. The minimum Gasteiger partial charge on any atom is -0.486 e. The minimum absolute atomic E-state index is 0. The van der Waals surface area contributed by atoms with Crippen molar-refractivity contribution in [1.82, 2.24) is 4.98 Å². The number of fused-ring (bicyclic) bond motifs is 1. The van der Waals surface area contributed by atoms with Gasteiger partial charge in [-0.05, 0) is 54.3 Å². The minimum atomic E-state index is 0. The van der Waals surface area contributed by atoms with Crippen LogP contribution in [0.4, 0.5) is 0 Å². The van der Waals surface area contributed by atoms with Crippen LogP contribution >= 0.6 is 24.8 Å². The number of rotatable bonds is 2. The molecule has 132 valence electrons. The highest BCUT2D eigenvalue weighted by atomic mass is 35.5. The number of aromatic nitrogens is 1. The van der Waals surface area contributed by atoms with E-state index in [0.29, 0.717) is 13.2 Å². The molecule has 4 rings (SSSR count). The van der Waals surface area contributed by atoms with Crippen LogP contribution < -0.4 is 9.47 Å². The third-order valence-corrected chi connectivity index (χ3v) is 4.02. The molecule has 25 heavy (non-hydrogen) atoms. The van der Waals surface area contributed by atoms with E-state index in [4.69, 9.17) is 14.5 Å². The Bertz CT molecular complexity index is 776. The first-order valence-electron chi connectivity index (χ1n) is 7.95. The largest absolute Gasteiger partial charge is 0.486 e. The van der Waals surface area contributed by atoms with Crippen molar-refractivity contribution >= 4 is 36.6 Å². The van der Waals surface area contributed by atoms with Crippen molar-refractivity contribution in [2.75, 3.05) is 19.8 Å². The van der Waals surface area contributed by atoms with Gasteiger partial charge in [-0.1, -0.05) is 6.07 Å². The van der Waals surface area contributed by atoms with Gasteiger partial charge in [0.2, 0.25) is 0 Å². The van der Waals surface area contributed by atoms with Crippen molar-refractivity contribution in [3.8, 4) is 11.5 Å². The number of benzene rings is 1. The normalized spacial score (nSPS) is 17.1. The molecule has 0 bridgehead atoms. The lowest BCUT2D eigenvalue weighted by molar-refractivity contribution is 0.171. The first kappa shape index (κ1) is 19.3. The zero-order valence-electron chi connectivity index (χ0n) is 13.7. The Morgan fingerprint density at radius 2 is 1.84 bits per heavy atom. The van der Waals surface area contributed by atoms with Gasteiger partial charge >= 0.3 is 0 Å². The number of ether oxygens (including phenoxy) is 2. The van der Waals surface area contributed by atoms with Gasteiger partial charge in [-0.25, -0.2) is 0 Å². The Morgan fingerprint density at radius 1 is 1.00 bits per heavy atom. The van der Waals surface area contributed by atoms with Crippen LogP contribution in [0.15, 0.2) is 53.3 Å². The van der Waals surface area contributed by atoms with Crippen LogP contribution in [0.25, 0.3) is 6.08 Å². The quantitative estimate of drug-likeness (QED) is 0.779. The molecule has 0 saturated heterocycles. The third-order valence-electron chi connectivity index (χ3n) is 4.02. The van der Waals surface area contributed by atoms with E-state index in [2.05, 4.69) is 23.2 Å². The number of allylic oxidation sites excluding steroid dienone is 1. The molecule has 0 radical (unpaired) electrons. The van der Waals surface area contributed by atoms with E-state index in [9.17, 15) is 0 Å². The van der Waals surface area contributed by atoms with Crippen molar-refractivity contribution in [1.29, 1.82) is 0 Å². The molecule has 0 N–H and O–H groups in total. The SMILES string of the molecule is C(=C1/CCCN=C1c1cccnc1)/c1ccc2c(c1)OCCO2.Cl.Cl. The van der Waals surface area contributed by atoms with E-state index in [-0.39, 0.29) is 24.8 Å². The summed E-state index contributed by atoms with van der Waals surface area (Å²) in [5.41, 5.74) is 4.50. The van der Waals surface area contributed by atoms with Crippen LogP contribution in [0, 0.1) is 0 Å². The maximum Gasteiger partial charge on any atom is 0.161 e. The molecule has 2 aromatic rings. The molecule has 0 atom stereocenters. The molecule has 0 aliphatic carbocycles. The maximum absolute atomic E-state index is 5.67. The van der Waals surface area contributed by atoms with Gasteiger partial charge in [-0.3, -0.25) is 9.98 Å². The molecule has 1 aromatic carbocycles. The van der Waals surface area contributed by atoms with Crippen LogP contribution in [0.5, 0.6) is 11.5 Å². The average molecular weight is 379 g/mol. The Hall–Kier alpha value is -2.04. The second kappa shape index (κ2) is 8.88. The molecule has 3 heterocycles. The molecular weight excluding hydrogens is 359 g/mol. The van der Waals surface area contributed by atoms with Gasteiger partial charge in [0.05, 0.1) is 5.71 Å². The summed E-state index contributed by atoms with van der Waals surface area (Å²) < 4.78 is 11.3. The van der Waals surface area contributed by atoms with Gasteiger partial charge in [0.25, 0.3) is 0 Å². The van der Waals surface area contributed by atoms with Gasteiger partial charge in [0.1, 0.15) is 13.2 Å².